The third kappa shape index (κ3) is 4.08. The fourth-order valence-electron chi connectivity index (χ4n) is 3.93. The van der Waals surface area contributed by atoms with Crippen molar-refractivity contribution >= 4 is 23.1 Å². The van der Waals surface area contributed by atoms with Gasteiger partial charge in [-0.05, 0) is 42.7 Å². The van der Waals surface area contributed by atoms with Crippen LogP contribution in [0.3, 0.4) is 0 Å². The van der Waals surface area contributed by atoms with Gasteiger partial charge in [0.1, 0.15) is 5.75 Å². The van der Waals surface area contributed by atoms with Crippen LogP contribution in [0.15, 0.2) is 42.7 Å². The van der Waals surface area contributed by atoms with Gasteiger partial charge in [0.05, 0.1) is 11.0 Å². The zero-order valence-electron chi connectivity index (χ0n) is 15.7. The molecule has 2 heterocycles. The average Bonchev–Trinajstić information content (AvgIpc) is 2.85. The Kier molecular flexibility index (Phi) is 5.41. The highest BCUT2D eigenvalue weighted by molar-refractivity contribution is 5.81. The van der Waals surface area contributed by atoms with Gasteiger partial charge >= 0.3 is 6.16 Å². The number of fused-ring (bicyclic) bond motifs is 1. The third-order valence-corrected chi connectivity index (χ3v) is 5.26. The van der Waals surface area contributed by atoms with Crippen molar-refractivity contribution in [2.24, 2.45) is 0 Å². The Labute approximate surface area is 163 Å². The van der Waals surface area contributed by atoms with Crippen LogP contribution in [0.1, 0.15) is 50.1 Å². The molecule has 0 spiro atoms. The van der Waals surface area contributed by atoms with Crippen LogP contribution in [-0.4, -0.2) is 25.8 Å². The number of hydrogen-bond acceptors (Lipinski definition) is 5. The van der Waals surface area contributed by atoms with Crippen LogP contribution in [0.2, 0.25) is 0 Å². The predicted molar refractivity (Wildman–Crippen MR) is 107 cm³/mol. The van der Waals surface area contributed by atoms with Crippen LogP contribution in [-0.2, 0) is 6.54 Å². The highest BCUT2D eigenvalue weighted by Gasteiger charge is 2.21. The Hall–Kier alpha value is -3.09. The lowest BCUT2D eigenvalue weighted by Gasteiger charge is -2.20. The number of pyridine rings is 1. The molecule has 1 aromatic carbocycles. The molecule has 0 atom stereocenters. The molecule has 0 unspecified atom stereocenters. The van der Waals surface area contributed by atoms with E-state index in [-0.39, 0.29) is 5.75 Å². The zero-order chi connectivity index (χ0) is 19.3. The number of hydrogen-bond donors (Lipinski definition) is 2. The Balaban J connectivity index is 1.69. The largest absolute Gasteiger partial charge is 0.511 e. The molecular formula is C21H24N4O3. The van der Waals surface area contributed by atoms with Gasteiger partial charge in [-0.2, -0.15) is 0 Å². The minimum absolute atomic E-state index is 0.284. The first-order valence-electron chi connectivity index (χ1n) is 9.76. The molecule has 7 nitrogen and oxygen atoms in total. The van der Waals surface area contributed by atoms with Gasteiger partial charge in [-0.25, -0.2) is 9.78 Å². The molecule has 0 bridgehead atoms. The van der Waals surface area contributed by atoms with E-state index in [4.69, 9.17) is 14.8 Å². The van der Waals surface area contributed by atoms with E-state index in [1.165, 1.54) is 25.7 Å². The molecule has 0 saturated heterocycles. The molecule has 0 aliphatic heterocycles. The molecule has 1 saturated carbocycles. The van der Waals surface area contributed by atoms with Gasteiger partial charge in [-0.15, -0.1) is 0 Å². The van der Waals surface area contributed by atoms with Crippen molar-refractivity contribution in [3.8, 4) is 5.75 Å². The van der Waals surface area contributed by atoms with E-state index in [0.717, 1.165) is 35.4 Å². The topological polar surface area (TPSA) is 89.3 Å². The summed E-state index contributed by atoms with van der Waals surface area (Å²) in [5, 5.41) is 12.3. The van der Waals surface area contributed by atoms with E-state index in [2.05, 4.69) is 14.9 Å². The fourth-order valence-corrected chi connectivity index (χ4v) is 3.93. The second kappa shape index (κ2) is 8.29. The maximum atomic E-state index is 10.9. The summed E-state index contributed by atoms with van der Waals surface area (Å²) >= 11 is 0. The number of carbonyl (C=O) groups is 1. The number of aromatic nitrogens is 3. The number of nitrogens with one attached hydrogen (secondary N) is 1. The first kappa shape index (κ1) is 18.3. The summed E-state index contributed by atoms with van der Waals surface area (Å²) < 4.78 is 7.09. The van der Waals surface area contributed by atoms with Crippen LogP contribution in [0.5, 0.6) is 5.75 Å². The monoisotopic (exact) mass is 380 g/mol. The fraction of sp³-hybridized carbons (Fsp3) is 0.381. The van der Waals surface area contributed by atoms with Crippen LogP contribution in [0.4, 0.5) is 10.7 Å². The van der Waals surface area contributed by atoms with Crippen LogP contribution in [0.25, 0.3) is 11.0 Å². The Bertz CT molecular complexity index is 947. The SMILES string of the molecule is O=C(O)Oc1ccc2c(c1)nc(NCc1ccncc1)n2C1CCCCCC1. The molecule has 2 aromatic heterocycles. The molecule has 4 rings (SSSR count). The lowest BCUT2D eigenvalue weighted by atomic mass is 10.1. The van der Waals surface area contributed by atoms with E-state index in [1.54, 1.807) is 24.5 Å². The highest BCUT2D eigenvalue weighted by Crippen LogP contribution is 2.34. The molecule has 1 aliphatic rings. The van der Waals surface area contributed by atoms with Gasteiger partial charge in [-0.1, -0.05) is 25.7 Å². The van der Waals surface area contributed by atoms with Crippen molar-refractivity contribution < 1.29 is 14.6 Å². The number of rotatable bonds is 5. The number of anilines is 1. The summed E-state index contributed by atoms with van der Waals surface area (Å²) in [5.74, 6) is 1.09. The second-order valence-electron chi connectivity index (χ2n) is 7.18. The summed E-state index contributed by atoms with van der Waals surface area (Å²) in [6.45, 7) is 0.650. The molecule has 0 amide bonds. The number of benzene rings is 1. The zero-order valence-corrected chi connectivity index (χ0v) is 15.7. The van der Waals surface area contributed by atoms with Gasteiger partial charge in [0.15, 0.2) is 0 Å². The van der Waals surface area contributed by atoms with E-state index in [1.807, 2.05) is 18.2 Å². The molecule has 0 radical (unpaired) electrons. The number of carboxylic acid groups (broad SMARTS) is 1. The van der Waals surface area contributed by atoms with Crippen molar-refractivity contribution in [2.45, 2.75) is 51.1 Å². The first-order valence-corrected chi connectivity index (χ1v) is 9.76. The summed E-state index contributed by atoms with van der Waals surface area (Å²) in [5.41, 5.74) is 2.87. The smallest absolute Gasteiger partial charge is 0.449 e. The Morgan fingerprint density at radius 1 is 1.14 bits per heavy atom. The summed E-state index contributed by atoms with van der Waals surface area (Å²) in [6.07, 6.45) is 9.48. The van der Waals surface area contributed by atoms with Gasteiger partial charge in [0.2, 0.25) is 5.95 Å². The van der Waals surface area contributed by atoms with E-state index in [9.17, 15) is 4.79 Å². The first-order chi connectivity index (χ1) is 13.7. The van der Waals surface area contributed by atoms with Crippen LogP contribution in [0, 0.1) is 0 Å². The Morgan fingerprint density at radius 2 is 1.89 bits per heavy atom. The third-order valence-electron chi connectivity index (χ3n) is 5.26. The second-order valence-corrected chi connectivity index (χ2v) is 7.18. The number of imidazole rings is 1. The summed E-state index contributed by atoms with van der Waals surface area (Å²) in [6, 6.07) is 9.63. The van der Waals surface area contributed by atoms with Crippen molar-refractivity contribution in [1.82, 2.24) is 14.5 Å². The maximum absolute atomic E-state index is 10.9. The molecule has 1 fully saturated rings. The minimum Gasteiger partial charge on any atom is -0.449 e. The van der Waals surface area contributed by atoms with Crippen molar-refractivity contribution in [1.29, 1.82) is 0 Å². The molecular weight excluding hydrogens is 356 g/mol. The van der Waals surface area contributed by atoms with Gasteiger partial charge in [0.25, 0.3) is 0 Å². The molecule has 1 aliphatic carbocycles. The van der Waals surface area contributed by atoms with Crippen molar-refractivity contribution in [3.63, 3.8) is 0 Å². The molecule has 2 N–H and O–H groups in total. The van der Waals surface area contributed by atoms with E-state index in [0.29, 0.717) is 12.6 Å². The standard InChI is InChI=1S/C21H24N4O3/c26-21(27)28-17-7-8-19-18(13-17)24-20(23-14-15-9-11-22-12-10-15)25(19)16-5-3-1-2-4-6-16/h7-13,16H,1-6,14H2,(H,23,24)(H,26,27). The molecule has 7 heteroatoms. The van der Waals surface area contributed by atoms with Crippen LogP contribution < -0.4 is 10.1 Å². The van der Waals surface area contributed by atoms with Gasteiger partial charge in [-0.3, -0.25) is 4.98 Å². The van der Waals surface area contributed by atoms with Gasteiger partial charge < -0.3 is 19.7 Å². The number of nitrogens with zero attached hydrogens (tertiary/aromatic N) is 3. The van der Waals surface area contributed by atoms with E-state index >= 15 is 0 Å². The predicted octanol–water partition coefficient (Wildman–Crippen LogP) is 5.00. The average molecular weight is 380 g/mol. The molecule has 3 aromatic rings. The molecule has 28 heavy (non-hydrogen) atoms. The minimum atomic E-state index is -1.32. The Morgan fingerprint density at radius 3 is 2.61 bits per heavy atom. The number of ether oxygens (including phenoxy) is 1. The van der Waals surface area contributed by atoms with Crippen molar-refractivity contribution in [3.05, 3.63) is 48.3 Å². The quantitative estimate of drug-likeness (QED) is 0.368. The van der Waals surface area contributed by atoms with Gasteiger partial charge in [0, 0.05) is 31.0 Å². The highest BCUT2D eigenvalue weighted by atomic mass is 16.7. The van der Waals surface area contributed by atoms with Crippen LogP contribution >= 0.6 is 0 Å². The maximum Gasteiger partial charge on any atom is 0.511 e. The lowest BCUT2D eigenvalue weighted by molar-refractivity contribution is 0.144. The lowest BCUT2D eigenvalue weighted by Crippen LogP contribution is -2.13. The van der Waals surface area contributed by atoms with Crippen molar-refractivity contribution in [2.75, 3.05) is 5.32 Å². The summed E-state index contributed by atoms with van der Waals surface area (Å²) in [4.78, 5) is 19.7. The van der Waals surface area contributed by atoms with E-state index < -0.39 is 6.16 Å². The normalized spacial score (nSPS) is 15.3. The molecule has 146 valence electrons. The summed E-state index contributed by atoms with van der Waals surface area (Å²) in [7, 11) is 0.